The second kappa shape index (κ2) is 16.2. The van der Waals surface area contributed by atoms with Gasteiger partial charge in [0.15, 0.2) is 5.78 Å². The first kappa shape index (κ1) is 37.8. The second-order valence-electron chi connectivity index (χ2n) is 15.9. The third kappa shape index (κ3) is 7.70. The van der Waals surface area contributed by atoms with Crippen LogP contribution in [0.4, 0.5) is 4.79 Å². The molecule has 0 radical (unpaired) electrons. The van der Waals surface area contributed by atoms with Gasteiger partial charge in [0.25, 0.3) is 0 Å². The van der Waals surface area contributed by atoms with Crippen LogP contribution in [-0.2, 0) is 20.9 Å². The quantitative estimate of drug-likeness (QED) is 0.123. The van der Waals surface area contributed by atoms with Crippen molar-refractivity contribution in [1.29, 1.82) is 0 Å². The van der Waals surface area contributed by atoms with Gasteiger partial charge in [-0.3, -0.25) is 19.4 Å². The lowest BCUT2D eigenvalue weighted by atomic mass is 9.88. The van der Waals surface area contributed by atoms with E-state index in [1.807, 2.05) is 62.4 Å². The lowest BCUT2D eigenvalue weighted by Crippen LogP contribution is -2.51. The van der Waals surface area contributed by atoms with E-state index in [-0.39, 0.29) is 35.5 Å². The number of likely N-dealkylation sites (tertiary alicyclic amines) is 1. The van der Waals surface area contributed by atoms with Crippen molar-refractivity contribution in [2.75, 3.05) is 13.7 Å². The van der Waals surface area contributed by atoms with Gasteiger partial charge in [-0.15, -0.1) is 0 Å². The number of nitrogens with one attached hydrogen (secondary N) is 4. The zero-order valence-corrected chi connectivity index (χ0v) is 32.5. The highest BCUT2D eigenvalue weighted by atomic mass is 16.5. The first-order valence-corrected chi connectivity index (χ1v) is 19.9. The molecule has 3 aliphatic carbocycles. The molecule has 3 amide bonds. The number of aromatic amines is 2. The molecular weight excluding hydrogens is 721 g/mol. The molecule has 294 valence electrons. The number of ketones is 1. The Kier molecular flexibility index (Phi) is 10.7. The topological polar surface area (TPSA) is 175 Å². The number of fused-ring (bicyclic) bond motifs is 5. The number of pyridine rings is 1. The van der Waals surface area contributed by atoms with Crippen molar-refractivity contribution in [1.82, 2.24) is 40.5 Å². The Labute approximate surface area is 331 Å². The van der Waals surface area contributed by atoms with Crippen molar-refractivity contribution in [3.8, 4) is 33.6 Å². The van der Waals surface area contributed by atoms with Crippen LogP contribution in [0.1, 0.15) is 85.7 Å². The average molecular weight is 769 g/mol. The molecule has 5 atom stereocenters. The molecule has 4 heterocycles. The molecule has 2 aromatic carbocycles. The minimum atomic E-state index is -0.694. The van der Waals surface area contributed by atoms with Crippen LogP contribution in [0.25, 0.3) is 33.6 Å². The predicted molar refractivity (Wildman–Crippen MR) is 213 cm³/mol. The molecule has 3 aromatic heterocycles. The molecule has 5 unspecified atom stereocenters. The molecule has 57 heavy (non-hydrogen) atoms. The number of hydrogen-bond acceptors (Lipinski definition) is 8. The molecule has 2 saturated carbocycles. The molecule has 0 spiro atoms. The van der Waals surface area contributed by atoms with Crippen molar-refractivity contribution in [2.45, 2.75) is 71.0 Å². The molecule has 5 aromatic rings. The maximum atomic E-state index is 13.4. The van der Waals surface area contributed by atoms with E-state index in [0.717, 1.165) is 64.4 Å². The van der Waals surface area contributed by atoms with Gasteiger partial charge in [-0.25, -0.2) is 14.8 Å². The fourth-order valence-electron chi connectivity index (χ4n) is 9.06. The molecule has 1 aliphatic heterocycles. The summed E-state index contributed by atoms with van der Waals surface area (Å²) in [6.45, 7) is 4.97. The van der Waals surface area contributed by atoms with Gasteiger partial charge in [-0.05, 0) is 84.7 Å². The van der Waals surface area contributed by atoms with Gasteiger partial charge in [-0.1, -0.05) is 50.6 Å². The zero-order chi connectivity index (χ0) is 39.6. The summed E-state index contributed by atoms with van der Waals surface area (Å²) in [5.41, 5.74) is 7.60. The summed E-state index contributed by atoms with van der Waals surface area (Å²) in [5.74, 6) is 2.42. The largest absolute Gasteiger partial charge is 0.453 e. The number of hydrogen-bond donors (Lipinski definition) is 4. The summed E-state index contributed by atoms with van der Waals surface area (Å²) in [5, 5.41) is 5.72. The lowest BCUT2D eigenvalue weighted by molar-refractivity contribution is -0.135. The highest BCUT2D eigenvalue weighted by Crippen LogP contribution is 2.48. The number of rotatable bonds is 9. The Morgan fingerprint density at radius 3 is 2.32 bits per heavy atom. The molecule has 13 nitrogen and oxygen atoms in total. The first-order chi connectivity index (χ1) is 27.7. The van der Waals surface area contributed by atoms with E-state index < -0.39 is 12.1 Å². The van der Waals surface area contributed by atoms with E-state index in [0.29, 0.717) is 36.0 Å². The van der Waals surface area contributed by atoms with Crippen LogP contribution in [0.2, 0.25) is 0 Å². The third-order valence-corrected chi connectivity index (χ3v) is 12.0. The van der Waals surface area contributed by atoms with Gasteiger partial charge in [-0.2, -0.15) is 0 Å². The minimum absolute atomic E-state index is 0.0154. The van der Waals surface area contributed by atoms with Crippen LogP contribution in [-0.4, -0.2) is 73.2 Å². The number of nitrogens with zero attached hydrogens (tertiary/aromatic N) is 4. The number of carbonyl (C=O) groups is 4. The summed E-state index contributed by atoms with van der Waals surface area (Å²) in [6, 6.07) is 14.7. The van der Waals surface area contributed by atoms with Gasteiger partial charge in [0.05, 0.1) is 43.3 Å². The summed E-state index contributed by atoms with van der Waals surface area (Å²) in [4.78, 5) is 71.8. The Morgan fingerprint density at radius 1 is 0.912 bits per heavy atom. The van der Waals surface area contributed by atoms with Crippen molar-refractivity contribution in [2.24, 2.45) is 23.7 Å². The maximum Gasteiger partial charge on any atom is 0.407 e. The summed E-state index contributed by atoms with van der Waals surface area (Å²) in [7, 11) is 1.28. The fourth-order valence-corrected chi connectivity index (χ4v) is 9.06. The van der Waals surface area contributed by atoms with Gasteiger partial charge in [0, 0.05) is 53.7 Å². The molecule has 1 saturated heterocycles. The Morgan fingerprint density at radius 2 is 1.68 bits per heavy atom. The van der Waals surface area contributed by atoms with E-state index in [2.05, 4.69) is 35.6 Å². The van der Waals surface area contributed by atoms with Gasteiger partial charge < -0.3 is 30.2 Å². The second-order valence-corrected chi connectivity index (χ2v) is 15.9. The Balaban J connectivity index is 0.000000222. The van der Waals surface area contributed by atoms with E-state index in [1.54, 1.807) is 36.0 Å². The number of aromatic nitrogens is 5. The Bertz CT molecular complexity index is 2270. The van der Waals surface area contributed by atoms with Crippen LogP contribution in [0.5, 0.6) is 0 Å². The van der Waals surface area contributed by atoms with E-state index in [1.165, 1.54) is 26.4 Å². The number of alkyl carbamates (subject to hydrolysis) is 1. The van der Waals surface area contributed by atoms with Gasteiger partial charge >= 0.3 is 6.09 Å². The lowest BCUT2D eigenvalue weighted by Gasteiger charge is -2.30. The smallest absolute Gasteiger partial charge is 0.407 e. The average Bonchev–Trinajstić information content (AvgIpc) is 4.10. The molecule has 9 rings (SSSR count). The molecule has 4 aliphatic rings. The summed E-state index contributed by atoms with van der Waals surface area (Å²) >= 11 is 0. The van der Waals surface area contributed by atoms with Gasteiger partial charge in [0.1, 0.15) is 11.9 Å². The monoisotopic (exact) mass is 768 g/mol. The summed E-state index contributed by atoms with van der Waals surface area (Å²) in [6.07, 6.45) is 14.6. The van der Waals surface area contributed by atoms with Gasteiger partial charge in [0.2, 0.25) is 11.8 Å². The van der Waals surface area contributed by atoms with E-state index in [9.17, 15) is 19.2 Å². The molecule has 2 bridgehead atoms. The van der Waals surface area contributed by atoms with Crippen LogP contribution in [0.15, 0.2) is 79.6 Å². The molecule has 4 N–H and O–H groups in total. The highest BCUT2D eigenvalue weighted by molar-refractivity contribution is 6.22. The molecular formula is C44H48N8O5. The summed E-state index contributed by atoms with van der Waals surface area (Å²) < 4.78 is 4.72. The zero-order valence-electron chi connectivity index (χ0n) is 32.5. The number of H-pyrrole nitrogens is 2. The standard InChI is InChI=1S/C30H30N6O4.C14H18N2O/c1-16(2)26(35-30(39)40-3)29(38)36-10-4-5-25(36)28-32-14-24(34-28)18-7-9-20-19-8-6-17(23-13-31-15-33-23)11-21(19)27(37)22(20)12-18;17-14(13-7-10-3-4-12(13)6-10)16-9-11-2-1-5-15-8-11/h6-9,11-16,25-26H,4-5,10H2,1-3H3,(H,31,33)(H,32,34)(H,35,39);1-2,5,8,10,12-13H,3-4,6-7,9H2,(H,16,17). The van der Waals surface area contributed by atoms with Crippen molar-refractivity contribution >= 4 is 23.7 Å². The molecule has 13 heteroatoms. The number of methoxy groups -OCH3 is 1. The van der Waals surface area contributed by atoms with Crippen LogP contribution < -0.4 is 10.6 Å². The SMILES string of the molecule is COC(=O)NC(C(=O)N1CCCC1c1ncc(-c2ccc3c(c2)C(=O)c2cc(-c4cnc[nH]4)ccc2-3)[nH]1)C(C)C.O=C(NCc1cccnc1)C1CC2CCC1C2. The predicted octanol–water partition coefficient (Wildman–Crippen LogP) is 6.86. The van der Waals surface area contributed by atoms with E-state index >= 15 is 0 Å². The van der Waals surface area contributed by atoms with E-state index in [4.69, 9.17) is 4.74 Å². The number of ether oxygens (including phenoxy) is 1. The number of imidazole rings is 2. The first-order valence-electron chi connectivity index (χ1n) is 19.9. The number of carbonyl (C=O) groups excluding carboxylic acids is 4. The maximum absolute atomic E-state index is 13.4. The fraction of sp³-hybridized carbons (Fsp3) is 0.386. The number of benzene rings is 2. The molecule has 3 fully saturated rings. The minimum Gasteiger partial charge on any atom is -0.453 e. The van der Waals surface area contributed by atoms with Crippen LogP contribution in [0, 0.1) is 23.7 Å². The van der Waals surface area contributed by atoms with Crippen molar-refractivity contribution in [3.05, 3.63) is 102 Å². The van der Waals surface area contributed by atoms with Crippen molar-refractivity contribution in [3.63, 3.8) is 0 Å². The highest BCUT2D eigenvalue weighted by Gasteiger charge is 2.43. The van der Waals surface area contributed by atoms with Crippen LogP contribution in [0.3, 0.4) is 0 Å². The normalized spacial score (nSPS) is 20.8. The number of amides is 3. The van der Waals surface area contributed by atoms with Crippen molar-refractivity contribution < 1.29 is 23.9 Å². The third-order valence-electron chi connectivity index (χ3n) is 12.0. The van der Waals surface area contributed by atoms with Crippen LogP contribution >= 0.6 is 0 Å². The Hall–Kier alpha value is -6.11.